The third-order valence-electron chi connectivity index (χ3n) is 2.62. The molecule has 2 atom stereocenters. The van der Waals surface area contributed by atoms with Gasteiger partial charge in [0.15, 0.2) is 0 Å². The van der Waals surface area contributed by atoms with Gasteiger partial charge in [-0.15, -0.1) is 6.58 Å². The van der Waals surface area contributed by atoms with Crippen LogP contribution in [0.15, 0.2) is 24.8 Å². The maximum absolute atomic E-state index is 12.0. The first-order valence-corrected chi connectivity index (χ1v) is 6.48. The molecule has 0 spiro atoms. The highest BCUT2D eigenvalue weighted by molar-refractivity contribution is 6.41. The molecular formula is C13H13Cl3O2. The van der Waals surface area contributed by atoms with Crippen molar-refractivity contribution in [3.63, 3.8) is 0 Å². The van der Waals surface area contributed by atoms with Gasteiger partial charge in [0.05, 0.1) is 15.6 Å². The fraction of sp³-hybridized carbons (Fsp3) is 0.308. The van der Waals surface area contributed by atoms with Crippen LogP contribution in [0.25, 0.3) is 0 Å². The molecule has 0 aliphatic heterocycles. The number of carbonyl (C=O) groups excluding carboxylic acids is 1. The highest BCUT2D eigenvalue weighted by Crippen LogP contribution is 2.30. The normalized spacial score (nSPS) is 13.8. The predicted molar refractivity (Wildman–Crippen MR) is 75.7 cm³/mol. The summed E-state index contributed by atoms with van der Waals surface area (Å²) in [5, 5.41) is 0.723. The lowest BCUT2D eigenvalue weighted by molar-refractivity contribution is 0.0267. The summed E-state index contributed by atoms with van der Waals surface area (Å²) in [6, 6.07) is 2.90. The Bertz CT molecular complexity index is 448. The van der Waals surface area contributed by atoms with Gasteiger partial charge in [-0.2, -0.15) is 0 Å². The summed E-state index contributed by atoms with van der Waals surface area (Å²) in [5.41, 5.74) is 0.130. The van der Waals surface area contributed by atoms with E-state index in [2.05, 4.69) is 6.58 Å². The Morgan fingerprint density at radius 3 is 2.22 bits per heavy atom. The third-order valence-corrected chi connectivity index (χ3v) is 3.43. The molecule has 0 N–H and O–H groups in total. The molecule has 0 unspecified atom stereocenters. The smallest absolute Gasteiger partial charge is 0.341 e. The van der Waals surface area contributed by atoms with Crippen LogP contribution in [-0.2, 0) is 4.74 Å². The second-order valence-electron chi connectivity index (χ2n) is 3.95. The van der Waals surface area contributed by atoms with Gasteiger partial charge in [-0.05, 0) is 19.1 Å². The van der Waals surface area contributed by atoms with E-state index in [0.29, 0.717) is 5.02 Å². The molecule has 0 heterocycles. The molecular weight excluding hydrogens is 294 g/mol. The number of ether oxygens (including phenoxy) is 1. The Hall–Kier alpha value is -0.700. The number of rotatable bonds is 4. The van der Waals surface area contributed by atoms with Crippen LogP contribution in [0.2, 0.25) is 15.1 Å². The van der Waals surface area contributed by atoms with Crippen molar-refractivity contribution >= 4 is 40.8 Å². The van der Waals surface area contributed by atoms with E-state index in [1.165, 1.54) is 12.1 Å². The van der Waals surface area contributed by atoms with E-state index in [9.17, 15) is 4.79 Å². The zero-order chi connectivity index (χ0) is 13.9. The zero-order valence-electron chi connectivity index (χ0n) is 10.0. The van der Waals surface area contributed by atoms with E-state index in [0.717, 1.165) is 0 Å². The van der Waals surface area contributed by atoms with Crippen LogP contribution in [0.3, 0.4) is 0 Å². The fourth-order valence-electron chi connectivity index (χ4n) is 1.26. The van der Waals surface area contributed by atoms with E-state index < -0.39 is 5.97 Å². The summed E-state index contributed by atoms with van der Waals surface area (Å²) in [4.78, 5) is 12.0. The molecule has 5 heteroatoms. The van der Waals surface area contributed by atoms with Crippen molar-refractivity contribution in [2.75, 3.05) is 0 Å². The average molecular weight is 308 g/mol. The first-order chi connectivity index (χ1) is 8.36. The van der Waals surface area contributed by atoms with Crippen LogP contribution < -0.4 is 0 Å². The summed E-state index contributed by atoms with van der Waals surface area (Å²) in [6.07, 6.45) is 1.40. The number of carbonyl (C=O) groups is 1. The Morgan fingerprint density at radius 2 is 1.78 bits per heavy atom. The van der Waals surface area contributed by atoms with Crippen molar-refractivity contribution < 1.29 is 9.53 Å². The monoisotopic (exact) mass is 306 g/mol. The zero-order valence-corrected chi connectivity index (χ0v) is 12.3. The molecule has 0 radical (unpaired) electrons. The van der Waals surface area contributed by atoms with E-state index in [-0.39, 0.29) is 27.6 Å². The number of hydrogen-bond donors (Lipinski definition) is 0. The molecule has 1 rings (SSSR count). The van der Waals surface area contributed by atoms with Crippen molar-refractivity contribution in [2.45, 2.75) is 20.0 Å². The lowest BCUT2D eigenvalue weighted by Gasteiger charge is -2.18. The van der Waals surface area contributed by atoms with Gasteiger partial charge in [-0.3, -0.25) is 0 Å². The van der Waals surface area contributed by atoms with Gasteiger partial charge in [0, 0.05) is 10.9 Å². The molecule has 0 amide bonds. The van der Waals surface area contributed by atoms with E-state index >= 15 is 0 Å². The van der Waals surface area contributed by atoms with Gasteiger partial charge < -0.3 is 4.74 Å². The summed E-state index contributed by atoms with van der Waals surface area (Å²) in [7, 11) is 0. The molecule has 0 aromatic heterocycles. The van der Waals surface area contributed by atoms with E-state index in [4.69, 9.17) is 39.5 Å². The average Bonchev–Trinajstić information content (AvgIpc) is 2.26. The second-order valence-corrected chi connectivity index (χ2v) is 5.20. The van der Waals surface area contributed by atoms with Gasteiger partial charge in [0.25, 0.3) is 0 Å². The molecule has 98 valence electrons. The molecule has 0 fully saturated rings. The van der Waals surface area contributed by atoms with Crippen LogP contribution in [0.5, 0.6) is 0 Å². The maximum atomic E-state index is 12.0. The molecule has 0 saturated heterocycles. The summed E-state index contributed by atoms with van der Waals surface area (Å²) in [6.45, 7) is 7.33. The minimum absolute atomic E-state index is 0.0406. The van der Waals surface area contributed by atoms with Crippen LogP contribution >= 0.6 is 34.8 Å². The van der Waals surface area contributed by atoms with Gasteiger partial charge in [0.1, 0.15) is 6.10 Å². The molecule has 2 nitrogen and oxygen atoms in total. The van der Waals surface area contributed by atoms with Crippen LogP contribution in [0.1, 0.15) is 24.2 Å². The SMILES string of the molecule is C=C[C@H](C)[C@H](C)OC(=O)c1c(Cl)cc(Cl)cc1Cl. The lowest BCUT2D eigenvalue weighted by Crippen LogP contribution is -2.21. The fourth-order valence-corrected chi connectivity index (χ4v) is 2.24. The number of hydrogen-bond acceptors (Lipinski definition) is 2. The predicted octanol–water partition coefficient (Wildman–Crippen LogP) is 5.01. The Labute approximate surface area is 121 Å². The minimum atomic E-state index is -0.567. The molecule has 18 heavy (non-hydrogen) atoms. The van der Waals surface area contributed by atoms with Crippen molar-refractivity contribution in [1.82, 2.24) is 0 Å². The number of esters is 1. The lowest BCUT2D eigenvalue weighted by atomic mass is 10.1. The van der Waals surface area contributed by atoms with Crippen LogP contribution in [0.4, 0.5) is 0 Å². The topological polar surface area (TPSA) is 26.3 Å². The van der Waals surface area contributed by atoms with Gasteiger partial charge in [0.2, 0.25) is 0 Å². The van der Waals surface area contributed by atoms with Crippen LogP contribution in [-0.4, -0.2) is 12.1 Å². The number of halogens is 3. The van der Waals surface area contributed by atoms with Crippen molar-refractivity contribution in [1.29, 1.82) is 0 Å². The summed E-state index contributed by atoms with van der Waals surface area (Å²) < 4.78 is 5.27. The summed E-state index contributed by atoms with van der Waals surface area (Å²) in [5.74, 6) is -0.526. The van der Waals surface area contributed by atoms with Crippen molar-refractivity contribution in [3.8, 4) is 0 Å². The van der Waals surface area contributed by atoms with Crippen LogP contribution in [0, 0.1) is 5.92 Å². The number of benzene rings is 1. The summed E-state index contributed by atoms with van der Waals surface area (Å²) >= 11 is 17.6. The molecule has 0 aliphatic rings. The van der Waals surface area contributed by atoms with Gasteiger partial charge in [-0.1, -0.05) is 47.8 Å². The Kier molecular flexibility index (Phi) is 5.51. The standard InChI is InChI=1S/C13H13Cl3O2/c1-4-7(2)8(3)18-13(17)12-10(15)5-9(14)6-11(12)16/h4-8H,1H2,2-3H3/t7-,8-/m0/s1. The molecule has 1 aromatic carbocycles. The molecule has 0 saturated carbocycles. The van der Waals surface area contributed by atoms with Gasteiger partial charge in [-0.25, -0.2) is 4.79 Å². The molecule has 0 bridgehead atoms. The second kappa shape index (κ2) is 6.46. The first-order valence-electron chi connectivity index (χ1n) is 5.35. The Morgan fingerprint density at radius 1 is 1.28 bits per heavy atom. The maximum Gasteiger partial charge on any atom is 0.341 e. The van der Waals surface area contributed by atoms with Crippen molar-refractivity contribution in [3.05, 3.63) is 45.4 Å². The van der Waals surface area contributed by atoms with E-state index in [1.807, 2.05) is 6.92 Å². The highest BCUT2D eigenvalue weighted by atomic mass is 35.5. The first kappa shape index (κ1) is 15.4. The quantitative estimate of drug-likeness (QED) is 0.577. The minimum Gasteiger partial charge on any atom is -0.458 e. The van der Waals surface area contributed by atoms with Gasteiger partial charge >= 0.3 is 5.97 Å². The van der Waals surface area contributed by atoms with Crippen molar-refractivity contribution in [2.24, 2.45) is 5.92 Å². The van der Waals surface area contributed by atoms with E-state index in [1.54, 1.807) is 13.0 Å². The molecule has 1 aromatic rings. The molecule has 0 aliphatic carbocycles. The highest BCUT2D eigenvalue weighted by Gasteiger charge is 2.21. The third kappa shape index (κ3) is 3.64. The Balaban J connectivity index is 2.95. The largest absolute Gasteiger partial charge is 0.458 e.